The van der Waals surface area contributed by atoms with Crippen molar-refractivity contribution >= 4 is 10.0 Å². The van der Waals surface area contributed by atoms with Crippen LogP contribution in [0.25, 0.3) is 0 Å². The third-order valence-corrected chi connectivity index (χ3v) is 5.19. The van der Waals surface area contributed by atoms with E-state index in [0.717, 1.165) is 11.1 Å². The number of hydrogen-bond acceptors (Lipinski definition) is 3. The predicted octanol–water partition coefficient (Wildman–Crippen LogP) is 3.93. The fourth-order valence-corrected chi connectivity index (χ4v) is 3.31. The maximum Gasteiger partial charge on any atom is 0.387 e. The van der Waals surface area contributed by atoms with E-state index in [2.05, 4.69) is 9.46 Å². The molecule has 0 saturated carbocycles. The summed E-state index contributed by atoms with van der Waals surface area (Å²) in [5, 5.41) is 0. The number of sulfonamides is 1. The molecule has 2 aromatic carbocycles. The number of ether oxygens (including phenoxy) is 1. The highest BCUT2D eigenvalue weighted by atomic mass is 32.2. The van der Waals surface area contributed by atoms with Gasteiger partial charge in [0.1, 0.15) is 5.75 Å². The Labute approximate surface area is 146 Å². The first-order valence-corrected chi connectivity index (χ1v) is 9.39. The van der Waals surface area contributed by atoms with Crippen LogP contribution in [-0.2, 0) is 16.4 Å². The Hall–Kier alpha value is -1.99. The number of nitrogens with one attached hydrogen (secondary N) is 1. The lowest BCUT2D eigenvalue weighted by atomic mass is 10.0. The van der Waals surface area contributed by atoms with E-state index < -0.39 is 16.6 Å². The summed E-state index contributed by atoms with van der Waals surface area (Å²) in [6.45, 7) is 1.43. The quantitative estimate of drug-likeness (QED) is 0.767. The Morgan fingerprint density at radius 3 is 2.12 bits per heavy atom. The lowest BCUT2D eigenvalue weighted by Gasteiger charge is -2.10. The maximum absolute atomic E-state index is 12.3. The van der Waals surface area contributed by atoms with Gasteiger partial charge in [-0.1, -0.05) is 38.1 Å². The van der Waals surface area contributed by atoms with Crippen molar-refractivity contribution in [2.45, 2.75) is 37.7 Å². The topological polar surface area (TPSA) is 55.4 Å². The van der Waals surface area contributed by atoms with Crippen molar-refractivity contribution in [3.63, 3.8) is 0 Å². The summed E-state index contributed by atoms with van der Waals surface area (Å²) in [5.74, 6) is 0.409. The van der Waals surface area contributed by atoms with E-state index >= 15 is 0 Å². The zero-order valence-electron chi connectivity index (χ0n) is 14.1. The molecule has 0 spiro atoms. The van der Waals surface area contributed by atoms with Crippen molar-refractivity contribution in [2.24, 2.45) is 0 Å². The second kappa shape index (κ2) is 8.40. The van der Waals surface area contributed by atoms with Crippen LogP contribution >= 0.6 is 0 Å². The molecular weight excluding hydrogens is 348 g/mol. The molecule has 2 rings (SSSR count). The number of hydrogen-bond donors (Lipinski definition) is 1. The van der Waals surface area contributed by atoms with Crippen molar-refractivity contribution < 1.29 is 21.9 Å². The summed E-state index contributed by atoms with van der Waals surface area (Å²) in [6.07, 6.45) is 0.443. The highest BCUT2D eigenvalue weighted by molar-refractivity contribution is 7.89. The molecule has 4 nitrogen and oxygen atoms in total. The van der Waals surface area contributed by atoms with E-state index in [4.69, 9.17) is 0 Å². The van der Waals surface area contributed by atoms with Crippen molar-refractivity contribution in [1.29, 1.82) is 0 Å². The monoisotopic (exact) mass is 369 g/mol. The molecule has 1 N–H and O–H groups in total. The summed E-state index contributed by atoms with van der Waals surface area (Å²) in [7, 11) is -3.57. The van der Waals surface area contributed by atoms with Gasteiger partial charge in [-0.15, -0.1) is 0 Å². The van der Waals surface area contributed by atoms with Gasteiger partial charge in [-0.3, -0.25) is 0 Å². The first-order valence-electron chi connectivity index (χ1n) is 7.91. The standard InChI is InChI=1S/C18H21F2NO3S/c1-13(2)15-5-9-17(10-6-15)25(22,23)21-12-11-14-3-7-16(8-4-14)24-18(19)20/h3-10,13,18,21H,11-12H2,1-2H3. The molecule has 0 bridgehead atoms. The van der Waals surface area contributed by atoms with E-state index in [-0.39, 0.29) is 17.2 Å². The summed E-state index contributed by atoms with van der Waals surface area (Å²) in [6, 6.07) is 12.9. The van der Waals surface area contributed by atoms with Crippen molar-refractivity contribution in [1.82, 2.24) is 4.72 Å². The number of halogens is 2. The molecule has 0 amide bonds. The second-order valence-electron chi connectivity index (χ2n) is 5.89. The number of rotatable bonds is 8. The van der Waals surface area contributed by atoms with Gasteiger partial charge in [0.25, 0.3) is 0 Å². The van der Waals surface area contributed by atoms with Gasteiger partial charge in [0.15, 0.2) is 0 Å². The highest BCUT2D eigenvalue weighted by Crippen LogP contribution is 2.18. The van der Waals surface area contributed by atoms with E-state index in [0.29, 0.717) is 12.3 Å². The minimum atomic E-state index is -3.57. The van der Waals surface area contributed by atoms with E-state index in [1.165, 1.54) is 12.1 Å². The van der Waals surface area contributed by atoms with Crippen LogP contribution in [0.4, 0.5) is 8.78 Å². The predicted molar refractivity (Wildman–Crippen MR) is 92.5 cm³/mol. The maximum atomic E-state index is 12.3. The van der Waals surface area contributed by atoms with Crippen LogP contribution in [0.3, 0.4) is 0 Å². The Morgan fingerprint density at radius 1 is 1.00 bits per heavy atom. The lowest BCUT2D eigenvalue weighted by molar-refractivity contribution is -0.0498. The number of benzene rings is 2. The fourth-order valence-electron chi connectivity index (χ4n) is 2.28. The zero-order valence-corrected chi connectivity index (χ0v) is 14.9. The van der Waals surface area contributed by atoms with Gasteiger partial charge in [-0.25, -0.2) is 13.1 Å². The molecular formula is C18H21F2NO3S. The highest BCUT2D eigenvalue weighted by Gasteiger charge is 2.13. The SMILES string of the molecule is CC(C)c1ccc(S(=O)(=O)NCCc2ccc(OC(F)F)cc2)cc1. The van der Waals surface area contributed by atoms with Gasteiger partial charge in [0, 0.05) is 6.54 Å². The minimum Gasteiger partial charge on any atom is -0.435 e. The molecule has 25 heavy (non-hydrogen) atoms. The Morgan fingerprint density at radius 2 is 1.60 bits per heavy atom. The average molecular weight is 369 g/mol. The van der Waals surface area contributed by atoms with Crippen molar-refractivity contribution in [3.05, 3.63) is 59.7 Å². The Balaban J connectivity index is 1.91. The van der Waals surface area contributed by atoms with Crippen LogP contribution in [0.15, 0.2) is 53.4 Å². The van der Waals surface area contributed by atoms with Crippen LogP contribution < -0.4 is 9.46 Å². The van der Waals surface area contributed by atoms with Gasteiger partial charge < -0.3 is 4.74 Å². The molecule has 0 aliphatic heterocycles. The molecule has 0 atom stereocenters. The first-order chi connectivity index (χ1) is 11.8. The van der Waals surface area contributed by atoms with Crippen LogP contribution in [-0.4, -0.2) is 21.6 Å². The third kappa shape index (κ3) is 5.79. The van der Waals surface area contributed by atoms with Crippen molar-refractivity contribution in [2.75, 3.05) is 6.54 Å². The van der Waals surface area contributed by atoms with Crippen LogP contribution in [0.2, 0.25) is 0 Å². The molecule has 0 radical (unpaired) electrons. The molecule has 0 fully saturated rings. The summed E-state index contributed by atoms with van der Waals surface area (Å²) in [4.78, 5) is 0.220. The second-order valence-corrected chi connectivity index (χ2v) is 7.66. The summed E-state index contributed by atoms with van der Waals surface area (Å²) in [5.41, 5.74) is 1.89. The molecule has 0 aromatic heterocycles. The molecule has 2 aromatic rings. The molecule has 136 valence electrons. The molecule has 0 saturated heterocycles. The smallest absolute Gasteiger partial charge is 0.387 e. The normalized spacial score (nSPS) is 11.9. The molecule has 0 unspecified atom stereocenters. The zero-order chi connectivity index (χ0) is 18.4. The minimum absolute atomic E-state index is 0.0737. The summed E-state index contributed by atoms with van der Waals surface area (Å²) >= 11 is 0. The Kier molecular flexibility index (Phi) is 6.50. The van der Waals surface area contributed by atoms with Crippen LogP contribution in [0.1, 0.15) is 30.9 Å². The van der Waals surface area contributed by atoms with E-state index in [1.807, 2.05) is 13.8 Å². The van der Waals surface area contributed by atoms with Gasteiger partial charge in [0.2, 0.25) is 10.0 Å². The van der Waals surface area contributed by atoms with Gasteiger partial charge in [0.05, 0.1) is 4.90 Å². The first kappa shape index (κ1) is 19.3. The third-order valence-electron chi connectivity index (χ3n) is 3.71. The number of alkyl halides is 2. The average Bonchev–Trinajstić information content (AvgIpc) is 2.56. The molecule has 7 heteroatoms. The van der Waals surface area contributed by atoms with Crippen LogP contribution in [0.5, 0.6) is 5.75 Å². The van der Waals surface area contributed by atoms with E-state index in [1.54, 1.807) is 36.4 Å². The van der Waals surface area contributed by atoms with Crippen LogP contribution in [0, 0.1) is 0 Å². The summed E-state index contributed by atoms with van der Waals surface area (Å²) < 4.78 is 55.5. The van der Waals surface area contributed by atoms with Gasteiger partial charge in [-0.2, -0.15) is 8.78 Å². The van der Waals surface area contributed by atoms with Gasteiger partial charge in [-0.05, 0) is 47.7 Å². The molecule has 0 aliphatic rings. The van der Waals surface area contributed by atoms with Gasteiger partial charge >= 0.3 is 6.61 Å². The Bertz CT molecular complexity index is 773. The van der Waals surface area contributed by atoms with Crippen molar-refractivity contribution in [3.8, 4) is 5.75 Å². The van der Waals surface area contributed by atoms with E-state index in [9.17, 15) is 17.2 Å². The molecule has 0 aliphatic carbocycles. The lowest BCUT2D eigenvalue weighted by Crippen LogP contribution is -2.26. The largest absolute Gasteiger partial charge is 0.435 e. The molecule has 0 heterocycles. The fraction of sp³-hybridized carbons (Fsp3) is 0.333.